The Morgan fingerprint density at radius 3 is 1.88 bits per heavy atom. The van der Waals surface area contributed by atoms with Crippen molar-refractivity contribution >= 4 is 28.2 Å². The van der Waals surface area contributed by atoms with Crippen molar-refractivity contribution in [1.29, 1.82) is 0 Å². The summed E-state index contributed by atoms with van der Waals surface area (Å²) in [5, 5.41) is 0.916. The third-order valence-electron chi connectivity index (χ3n) is 7.04. The first-order valence-electron chi connectivity index (χ1n) is 12.2. The molecule has 3 aromatic rings. The molecule has 182 valence electrons. The molecule has 0 bridgehead atoms. The molecule has 0 radical (unpaired) electrons. The van der Waals surface area contributed by atoms with Gasteiger partial charge in [-0.25, -0.2) is 0 Å². The first kappa shape index (κ1) is 25.4. The maximum Gasteiger partial charge on any atom is 0.134 e. The number of H-pyrrole nitrogens is 2. The summed E-state index contributed by atoms with van der Waals surface area (Å²) in [5.41, 5.74) is 5.36. The van der Waals surface area contributed by atoms with Crippen molar-refractivity contribution < 1.29 is 4.79 Å². The van der Waals surface area contributed by atoms with Crippen LogP contribution in [0.3, 0.4) is 0 Å². The summed E-state index contributed by atoms with van der Waals surface area (Å²) >= 11 is 0. The van der Waals surface area contributed by atoms with E-state index < -0.39 is 7.92 Å². The summed E-state index contributed by atoms with van der Waals surface area (Å²) in [6.07, 6.45) is 10.6. The standard InChI is InChI=1S/C29H40N2OP2/c1-26(2,3)15-20-8-9-25(34-27(4,5)16-23(32)17-28(34,6)7)24(14-20)29(33,21-10-12-30-18-21)22-11-13-31-19-22/h8-14,18-19,30-31H,15-17,33H2,1-7H3. The summed E-state index contributed by atoms with van der Waals surface area (Å²) in [6, 6.07) is 11.6. The maximum absolute atomic E-state index is 12.7. The molecule has 5 heteroatoms. The fourth-order valence-electron chi connectivity index (χ4n) is 6.09. The fourth-order valence-corrected chi connectivity index (χ4v) is 11.1. The Balaban J connectivity index is 2.02. The lowest BCUT2D eigenvalue weighted by Gasteiger charge is -2.50. The Morgan fingerprint density at radius 1 is 0.912 bits per heavy atom. The second-order valence-electron chi connectivity index (χ2n) is 12.4. The summed E-state index contributed by atoms with van der Waals surface area (Å²) in [6.45, 7) is 16.1. The lowest BCUT2D eigenvalue weighted by atomic mass is 9.83. The molecule has 3 heterocycles. The molecule has 1 fully saturated rings. The van der Waals surface area contributed by atoms with E-state index in [2.05, 4.69) is 110 Å². The van der Waals surface area contributed by atoms with E-state index >= 15 is 0 Å². The molecule has 1 aromatic carbocycles. The molecule has 1 saturated heterocycles. The van der Waals surface area contributed by atoms with E-state index in [0.717, 1.165) is 6.42 Å². The van der Waals surface area contributed by atoms with Gasteiger partial charge in [-0.2, -0.15) is 0 Å². The zero-order valence-electron chi connectivity index (χ0n) is 21.8. The smallest absolute Gasteiger partial charge is 0.134 e. The van der Waals surface area contributed by atoms with Crippen LogP contribution < -0.4 is 5.30 Å². The van der Waals surface area contributed by atoms with Gasteiger partial charge in [0.25, 0.3) is 0 Å². The summed E-state index contributed by atoms with van der Waals surface area (Å²) in [4.78, 5) is 19.3. The SMILES string of the molecule is CC(C)(C)Cc1ccc(P2C(C)(C)CC(=O)CC2(C)C)c(C(P)(c2cc[nH]c2)c2cc[nH]c2)c1. The number of nitrogens with one attached hydrogen (secondary N) is 2. The van der Waals surface area contributed by atoms with E-state index in [1.165, 1.54) is 27.6 Å². The number of ketones is 1. The number of rotatable bonds is 5. The molecule has 0 amide bonds. The zero-order chi connectivity index (χ0) is 24.9. The van der Waals surface area contributed by atoms with Gasteiger partial charge in [0.2, 0.25) is 0 Å². The predicted molar refractivity (Wildman–Crippen MR) is 150 cm³/mol. The Labute approximate surface area is 208 Å². The van der Waals surface area contributed by atoms with Gasteiger partial charge in [0.15, 0.2) is 0 Å². The number of carbonyl (C=O) groups is 1. The average Bonchev–Trinajstić information content (AvgIpc) is 3.39. The minimum atomic E-state index is -0.617. The molecule has 1 aliphatic rings. The highest BCUT2D eigenvalue weighted by molar-refractivity contribution is 7.69. The topological polar surface area (TPSA) is 48.6 Å². The third kappa shape index (κ3) is 4.72. The number of aromatic nitrogens is 2. The van der Waals surface area contributed by atoms with Crippen molar-refractivity contribution in [1.82, 2.24) is 9.97 Å². The zero-order valence-corrected chi connectivity index (χ0v) is 23.8. The average molecular weight is 495 g/mol. The first-order chi connectivity index (χ1) is 15.7. The van der Waals surface area contributed by atoms with Crippen LogP contribution in [-0.4, -0.2) is 26.1 Å². The van der Waals surface area contributed by atoms with Crippen molar-refractivity contribution in [3.63, 3.8) is 0 Å². The van der Waals surface area contributed by atoms with Crippen LogP contribution in [-0.2, 0) is 16.4 Å². The molecular weight excluding hydrogens is 454 g/mol. The second-order valence-corrected chi connectivity index (χ2v) is 16.9. The van der Waals surface area contributed by atoms with Crippen LogP contribution in [0.1, 0.15) is 83.6 Å². The third-order valence-corrected chi connectivity index (χ3v) is 11.6. The van der Waals surface area contributed by atoms with Crippen LogP contribution in [0.15, 0.2) is 55.1 Å². The van der Waals surface area contributed by atoms with E-state index in [1.54, 1.807) is 0 Å². The van der Waals surface area contributed by atoms with E-state index in [9.17, 15) is 4.79 Å². The molecule has 3 nitrogen and oxygen atoms in total. The molecule has 1 aliphatic heterocycles. The summed E-state index contributed by atoms with van der Waals surface area (Å²) < 4.78 is 0. The Hall–Kier alpha value is -1.69. The number of carbonyl (C=O) groups excluding carboxylic acids is 1. The van der Waals surface area contributed by atoms with Crippen molar-refractivity contribution in [2.75, 3.05) is 0 Å². The molecular formula is C29H40N2OP2. The number of hydrogen-bond donors (Lipinski definition) is 2. The van der Waals surface area contributed by atoms with Crippen LogP contribution in [0.2, 0.25) is 0 Å². The van der Waals surface area contributed by atoms with Gasteiger partial charge < -0.3 is 9.97 Å². The minimum absolute atomic E-state index is 0.0592. The highest BCUT2D eigenvalue weighted by Gasteiger charge is 2.49. The predicted octanol–water partition coefficient (Wildman–Crippen LogP) is 7.13. The Bertz CT molecular complexity index is 1100. The molecule has 34 heavy (non-hydrogen) atoms. The van der Waals surface area contributed by atoms with Gasteiger partial charge in [0.1, 0.15) is 5.78 Å². The molecule has 0 spiro atoms. The van der Waals surface area contributed by atoms with Crippen molar-refractivity contribution in [2.45, 2.75) is 83.2 Å². The Morgan fingerprint density at radius 2 is 1.44 bits per heavy atom. The summed E-state index contributed by atoms with van der Waals surface area (Å²) in [5.74, 6) is 0.396. The van der Waals surface area contributed by atoms with Crippen molar-refractivity contribution in [3.05, 3.63) is 77.4 Å². The lowest BCUT2D eigenvalue weighted by Crippen LogP contribution is -2.45. The molecule has 4 rings (SSSR count). The lowest BCUT2D eigenvalue weighted by molar-refractivity contribution is -0.120. The largest absolute Gasteiger partial charge is 0.367 e. The van der Waals surface area contributed by atoms with Gasteiger partial charge in [-0.05, 0) is 61.8 Å². The second kappa shape index (κ2) is 8.76. The number of Topliss-reactive ketones (excluding diaryl/α,β-unsaturated/α-hetero) is 1. The maximum atomic E-state index is 12.7. The Kier molecular flexibility index (Phi) is 6.54. The van der Waals surface area contributed by atoms with Crippen LogP contribution in [0.5, 0.6) is 0 Å². The highest BCUT2D eigenvalue weighted by Crippen LogP contribution is 2.65. The molecule has 0 aliphatic carbocycles. The number of benzene rings is 1. The van der Waals surface area contributed by atoms with Gasteiger partial charge in [-0.1, -0.05) is 74.6 Å². The van der Waals surface area contributed by atoms with Crippen molar-refractivity contribution in [3.8, 4) is 0 Å². The fraction of sp³-hybridized carbons (Fsp3) is 0.483. The van der Waals surface area contributed by atoms with Gasteiger partial charge in [0.05, 0.1) is 5.16 Å². The van der Waals surface area contributed by atoms with Crippen LogP contribution in [0.4, 0.5) is 0 Å². The van der Waals surface area contributed by atoms with Crippen LogP contribution >= 0.6 is 17.2 Å². The van der Waals surface area contributed by atoms with Gasteiger partial charge in [0, 0.05) is 37.6 Å². The van der Waals surface area contributed by atoms with Gasteiger partial charge in [-0.3, -0.25) is 4.79 Å². The number of aromatic amines is 2. The van der Waals surface area contributed by atoms with E-state index in [-0.39, 0.29) is 20.9 Å². The van der Waals surface area contributed by atoms with Gasteiger partial charge in [-0.15, -0.1) is 9.24 Å². The normalized spacial score (nSPS) is 18.9. The van der Waals surface area contributed by atoms with Crippen LogP contribution in [0, 0.1) is 5.41 Å². The number of hydrogen-bond acceptors (Lipinski definition) is 1. The first-order valence-corrected chi connectivity index (χ1v) is 14.2. The van der Waals surface area contributed by atoms with Crippen molar-refractivity contribution in [2.24, 2.45) is 5.41 Å². The van der Waals surface area contributed by atoms with Gasteiger partial charge >= 0.3 is 0 Å². The molecule has 2 aromatic heterocycles. The molecule has 1 unspecified atom stereocenters. The quantitative estimate of drug-likeness (QED) is 0.364. The molecule has 0 saturated carbocycles. The molecule has 1 atom stereocenters. The van der Waals surface area contributed by atoms with Crippen LogP contribution in [0.25, 0.3) is 0 Å². The highest BCUT2D eigenvalue weighted by atomic mass is 31.1. The van der Waals surface area contributed by atoms with E-state index in [1.807, 2.05) is 12.4 Å². The molecule has 2 N–H and O–H groups in total. The summed E-state index contributed by atoms with van der Waals surface area (Å²) in [7, 11) is 2.60. The minimum Gasteiger partial charge on any atom is -0.367 e. The monoisotopic (exact) mass is 494 g/mol. The van der Waals surface area contributed by atoms with E-state index in [4.69, 9.17) is 0 Å². The van der Waals surface area contributed by atoms with E-state index in [0.29, 0.717) is 18.6 Å².